The molecule has 1 aromatic heterocycles. The third-order valence-electron chi connectivity index (χ3n) is 3.10. The third-order valence-corrected chi connectivity index (χ3v) is 3.10. The molecule has 0 aliphatic carbocycles. The Labute approximate surface area is 143 Å². The highest BCUT2D eigenvalue weighted by Crippen LogP contribution is 1.81. The molecule has 0 spiro atoms. The summed E-state index contributed by atoms with van der Waals surface area (Å²) in [6, 6.07) is -0.731. The van der Waals surface area contributed by atoms with E-state index < -0.39 is 35.6 Å². The first-order valence-electron chi connectivity index (χ1n) is 7.61. The van der Waals surface area contributed by atoms with Crippen molar-refractivity contribution in [1.29, 1.82) is 0 Å². The molecule has 0 aromatic carbocycles. The van der Waals surface area contributed by atoms with E-state index in [-0.39, 0.29) is 13.1 Å². The first kappa shape index (κ1) is 19.9. The summed E-state index contributed by atoms with van der Waals surface area (Å²) < 4.78 is 2.11. The molecule has 10 heteroatoms. The molecule has 10 nitrogen and oxygen atoms in total. The quantitative estimate of drug-likeness (QED) is 0.568. The molecule has 136 valence electrons. The number of rotatable bonds is 8. The van der Waals surface area contributed by atoms with E-state index in [4.69, 9.17) is 0 Å². The summed E-state index contributed by atoms with van der Waals surface area (Å²) >= 11 is 0. The van der Waals surface area contributed by atoms with Gasteiger partial charge >= 0.3 is 23.1 Å². The van der Waals surface area contributed by atoms with E-state index in [0.717, 1.165) is 9.13 Å². The van der Waals surface area contributed by atoms with E-state index >= 15 is 0 Å². The molecule has 2 N–H and O–H groups in total. The largest absolute Gasteiger partial charge is 0.338 e. The maximum Gasteiger partial charge on any atom is 0.337 e. The van der Waals surface area contributed by atoms with Gasteiger partial charge in [0.25, 0.3) is 0 Å². The fourth-order valence-electron chi connectivity index (χ4n) is 1.98. The molecule has 0 saturated heterocycles. The first-order chi connectivity index (χ1) is 11.9. The Morgan fingerprint density at radius 3 is 1.88 bits per heavy atom. The van der Waals surface area contributed by atoms with Crippen molar-refractivity contribution >= 4 is 11.9 Å². The summed E-state index contributed by atoms with van der Waals surface area (Å²) in [5.41, 5.74) is -2.74. The molecule has 25 heavy (non-hydrogen) atoms. The lowest BCUT2D eigenvalue weighted by atomic mass is 10.5. The Balaban J connectivity index is 3.24. The van der Waals surface area contributed by atoms with Crippen LogP contribution in [0.25, 0.3) is 0 Å². The number of amides is 3. The maximum absolute atomic E-state index is 12.3. The fraction of sp³-hybridized carbons (Fsp3) is 0.400. The van der Waals surface area contributed by atoms with Gasteiger partial charge < -0.3 is 5.32 Å². The van der Waals surface area contributed by atoms with E-state index in [1.807, 2.05) is 12.2 Å². The van der Waals surface area contributed by atoms with Crippen LogP contribution in [0.3, 0.4) is 0 Å². The summed E-state index contributed by atoms with van der Waals surface area (Å²) in [5.74, 6) is -0.859. The number of nitrogens with zero attached hydrogens (tertiary/aromatic N) is 3. The zero-order chi connectivity index (χ0) is 19.0. The van der Waals surface area contributed by atoms with Crippen molar-refractivity contribution in [2.45, 2.75) is 33.0 Å². The van der Waals surface area contributed by atoms with Crippen LogP contribution in [0, 0.1) is 0 Å². The average molecular weight is 351 g/mol. The Morgan fingerprint density at radius 1 is 0.960 bits per heavy atom. The van der Waals surface area contributed by atoms with Gasteiger partial charge in [-0.15, -0.1) is 13.2 Å². The Morgan fingerprint density at radius 2 is 1.44 bits per heavy atom. The molecule has 1 aromatic rings. The molecule has 1 rings (SSSR count). The van der Waals surface area contributed by atoms with Gasteiger partial charge in [-0.2, -0.15) is 0 Å². The summed E-state index contributed by atoms with van der Waals surface area (Å²) in [6.45, 7) is 8.14. The van der Waals surface area contributed by atoms with Gasteiger partial charge in [0, 0.05) is 6.54 Å². The number of hydrogen-bond acceptors (Lipinski definition) is 5. The van der Waals surface area contributed by atoms with Crippen molar-refractivity contribution in [3.05, 3.63) is 56.8 Å². The van der Waals surface area contributed by atoms with Crippen LogP contribution in [-0.4, -0.2) is 32.2 Å². The number of nitrogens with one attached hydrogen (secondary N) is 2. The van der Waals surface area contributed by atoms with Crippen molar-refractivity contribution in [3.8, 4) is 0 Å². The van der Waals surface area contributed by atoms with E-state index in [2.05, 4.69) is 18.5 Å². The van der Waals surface area contributed by atoms with E-state index in [1.54, 1.807) is 0 Å². The Bertz CT molecular complexity index is 797. The summed E-state index contributed by atoms with van der Waals surface area (Å²) in [4.78, 5) is 60.2. The smallest absolute Gasteiger partial charge is 0.337 e. The number of carbonyl (C=O) groups excluding carboxylic acids is 2. The van der Waals surface area contributed by atoms with Gasteiger partial charge in [0.05, 0.1) is 13.1 Å². The Hall–Kier alpha value is -3.17. The van der Waals surface area contributed by atoms with Crippen LogP contribution >= 0.6 is 0 Å². The molecule has 3 amide bonds. The second-order valence-corrected chi connectivity index (χ2v) is 5.04. The minimum atomic E-state index is -0.959. The number of aromatic nitrogens is 3. The molecule has 0 unspecified atom stereocenters. The van der Waals surface area contributed by atoms with Gasteiger partial charge in [-0.05, 0) is 6.42 Å². The van der Waals surface area contributed by atoms with Gasteiger partial charge in [-0.3, -0.25) is 10.1 Å². The molecule has 0 fully saturated rings. The Kier molecular flexibility index (Phi) is 7.32. The predicted molar refractivity (Wildman–Crippen MR) is 91.4 cm³/mol. The number of allylic oxidation sites excluding steroid dienone is 2. The van der Waals surface area contributed by atoms with Crippen LogP contribution in [0.5, 0.6) is 0 Å². The standard InChI is InChI=1S/C15H21N5O5/c1-4-7-16-12(22)17-11(21)10-20-14(24)18(8-5-2)13(23)19(9-6-3)15(20)25/h5-6H,2-4,7-10H2,1H3,(H2,16,17,21,22). The second kappa shape index (κ2) is 9.21. The van der Waals surface area contributed by atoms with Crippen molar-refractivity contribution in [3.63, 3.8) is 0 Å². The lowest BCUT2D eigenvalue weighted by Gasteiger charge is -2.12. The maximum atomic E-state index is 12.3. The molecule has 0 aliphatic heterocycles. The van der Waals surface area contributed by atoms with Crippen molar-refractivity contribution in [2.24, 2.45) is 0 Å². The van der Waals surface area contributed by atoms with Crippen molar-refractivity contribution in [1.82, 2.24) is 24.3 Å². The molecule has 0 saturated carbocycles. The van der Waals surface area contributed by atoms with Crippen LogP contribution in [-0.2, 0) is 24.4 Å². The summed E-state index contributed by atoms with van der Waals surface area (Å²) in [6.07, 6.45) is 3.31. The number of carbonyl (C=O) groups is 2. The fourth-order valence-corrected chi connectivity index (χ4v) is 1.98. The van der Waals surface area contributed by atoms with Crippen LogP contribution in [0.2, 0.25) is 0 Å². The number of hydrogen-bond donors (Lipinski definition) is 2. The van der Waals surface area contributed by atoms with Crippen LogP contribution in [0.4, 0.5) is 4.79 Å². The van der Waals surface area contributed by atoms with Gasteiger partial charge in [-0.1, -0.05) is 19.1 Å². The highest BCUT2D eigenvalue weighted by molar-refractivity contribution is 5.94. The average Bonchev–Trinajstić information content (AvgIpc) is 2.57. The van der Waals surface area contributed by atoms with E-state index in [0.29, 0.717) is 17.5 Å². The monoisotopic (exact) mass is 351 g/mol. The zero-order valence-electron chi connectivity index (χ0n) is 14.0. The summed E-state index contributed by atoms with van der Waals surface area (Å²) in [7, 11) is 0. The second-order valence-electron chi connectivity index (χ2n) is 5.04. The summed E-state index contributed by atoms with van der Waals surface area (Å²) in [5, 5.41) is 4.44. The minimum absolute atomic E-state index is 0.131. The van der Waals surface area contributed by atoms with Crippen LogP contribution < -0.4 is 27.7 Å². The molecule has 0 bridgehead atoms. The lowest BCUT2D eigenvalue weighted by Crippen LogP contribution is -2.56. The molecular weight excluding hydrogens is 330 g/mol. The molecule has 0 atom stereocenters. The first-order valence-corrected chi connectivity index (χ1v) is 7.61. The van der Waals surface area contributed by atoms with Gasteiger partial charge in [0.1, 0.15) is 6.54 Å². The van der Waals surface area contributed by atoms with E-state index in [1.165, 1.54) is 12.2 Å². The van der Waals surface area contributed by atoms with E-state index in [9.17, 15) is 24.0 Å². The normalized spacial score (nSPS) is 10.1. The molecule has 0 aliphatic rings. The highest BCUT2D eigenvalue weighted by Gasteiger charge is 2.17. The van der Waals surface area contributed by atoms with Crippen LogP contribution in [0.1, 0.15) is 13.3 Å². The topological polar surface area (TPSA) is 124 Å². The molecular formula is C15H21N5O5. The van der Waals surface area contributed by atoms with Crippen molar-refractivity contribution < 1.29 is 9.59 Å². The predicted octanol–water partition coefficient (Wildman–Crippen LogP) is -1.22. The van der Waals surface area contributed by atoms with Crippen molar-refractivity contribution in [2.75, 3.05) is 6.54 Å². The SMILES string of the molecule is C=CCn1c(=O)n(CC=C)c(=O)n(CC(=O)NC(=O)NCCC)c1=O. The van der Waals surface area contributed by atoms with Gasteiger partial charge in [-0.25, -0.2) is 32.9 Å². The number of urea groups is 1. The van der Waals surface area contributed by atoms with Crippen LogP contribution in [0.15, 0.2) is 39.7 Å². The van der Waals surface area contributed by atoms with Gasteiger partial charge in [0.2, 0.25) is 5.91 Å². The molecule has 0 radical (unpaired) electrons. The lowest BCUT2D eigenvalue weighted by molar-refractivity contribution is -0.120. The number of imide groups is 1. The molecule has 1 heterocycles. The zero-order valence-corrected chi connectivity index (χ0v) is 14.0. The van der Waals surface area contributed by atoms with Gasteiger partial charge in [0.15, 0.2) is 0 Å². The minimum Gasteiger partial charge on any atom is -0.338 e. The highest BCUT2D eigenvalue weighted by atomic mass is 16.2. The third kappa shape index (κ3) is 4.90.